The minimum atomic E-state index is -0.327. The highest BCUT2D eigenvalue weighted by atomic mass is 16.2. The molecular formula is C16H18N4O. The Balaban J connectivity index is 2.03. The summed E-state index contributed by atoms with van der Waals surface area (Å²) in [4.78, 5) is 11.9. The molecule has 0 unspecified atom stereocenters. The molecule has 2 aromatic carbocycles. The minimum absolute atomic E-state index is 0.0635. The summed E-state index contributed by atoms with van der Waals surface area (Å²) in [5.74, 6) is -0.0635. The van der Waals surface area contributed by atoms with Gasteiger partial charge in [0.1, 0.15) is 5.84 Å². The number of benzene rings is 2. The van der Waals surface area contributed by atoms with Gasteiger partial charge in [-0.15, -0.1) is 0 Å². The smallest absolute Gasteiger partial charge is 0.319 e. The van der Waals surface area contributed by atoms with Crippen LogP contribution in [0, 0.1) is 12.3 Å². The van der Waals surface area contributed by atoms with E-state index in [1.54, 1.807) is 6.07 Å². The summed E-state index contributed by atoms with van der Waals surface area (Å²) >= 11 is 0. The van der Waals surface area contributed by atoms with Crippen molar-refractivity contribution in [3.05, 3.63) is 65.2 Å². The fourth-order valence-electron chi connectivity index (χ4n) is 2.07. The van der Waals surface area contributed by atoms with E-state index in [9.17, 15) is 4.79 Å². The van der Waals surface area contributed by atoms with Crippen LogP contribution in [0.15, 0.2) is 48.5 Å². The van der Waals surface area contributed by atoms with Crippen LogP contribution < -0.4 is 16.4 Å². The Labute approximate surface area is 123 Å². The van der Waals surface area contributed by atoms with E-state index < -0.39 is 0 Å². The fraction of sp³-hybridized carbons (Fsp3) is 0.125. The predicted octanol–water partition coefficient (Wildman–Crippen LogP) is 2.60. The average Bonchev–Trinajstić information content (AvgIpc) is 2.46. The third-order valence-corrected chi connectivity index (χ3v) is 3.09. The highest BCUT2D eigenvalue weighted by molar-refractivity contribution is 6.05. The SMILES string of the molecule is Cc1cccc(NC(=O)NCc2ccccc2)c1C(=N)N. The van der Waals surface area contributed by atoms with Gasteiger partial charge in [-0.1, -0.05) is 42.5 Å². The number of aryl methyl sites for hydroxylation is 1. The molecule has 21 heavy (non-hydrogen) atoms. The highest BCUT2D eigenvalue weighted by Crippen LogP contribution is 2.18. The van der Waals surface area contributed by atoms with Crippen LogP contribution in [0.2, 0.25) is 0 Å². The van der Waals surface area contributed by atoms with Gasteiger partial charge in [0, 0.05) is 12.1 Å². The van der Waals surface area contributed by atoms with Gasteiger partial charge in [-0.2, -0.15) is 0 Å². The van der Waals surface area contributed by atoms with E-state index in [0.29, 0.717) is 17.8 Å². The summed E-state index contributed by atoms with van der Waals surface area (Å²) in [6.45, 7) is 2.29. The normalized spacial score (nSPS) is 9.95. The predicted molar refractivity (Wildman–Crippen MR) is 84.5 cm³/mol. The number of urea groups is 1. The molecule has 0 aromatic heterocycles. The molecule has 0 heterocycles. The molecule has 0 saturated heterocycles. The van der Waals surface area contributed by atoms with Crippen molar-refractivity contribution in [3.8, 4) is 0 Å². The number of hydrogen-bond donors (Lipinski definition) is 4. The lowest BCUT2D eigenvalue weighted by Crippen LogP contribution is -2.29. The summed E-state index contributed by atoms with van der Waals surface area (Å²) in [6.07, 6.45) is 0. The maximum Gasteiger partial charge on any atom is 0.319 e. The van der Waals surface area contributed by atoms with Crippen LogP contribution in [0.3, 0.4) is 0 Å². The first kappa shape index (κ1) is 14.6. The molecule has 0 aliphatic carbocycles. The van der Waals surface area contributed by atoms with Gasteiger partial charge >= 0.3 is 6.03 Å². The Morgan fingerprint density at radius 3 is 2.52 bits per heavy atom. The van der Waals surface area contributed by atoms with Crippen LogP contribution in [0.25, 0.3) is 0 Å². The molecule has 2 amide bonds. The van der Waals surface area contributed by atoms with Crippen LogP contribution in [0.5, 0.6) is 0 Å². The molecule has 0 aliphatic rings. The van der Waals surface area contributed by atoms with Crippen molar-refractivity contribution in [2.24, 2.45) is 5.73 Å². The number of amides is 2. The first-order valence-corrected chi connectivity index (χ1v) is 6.60. The van der Waals surface area contributed by atoms with Gasteiger partial charge < -0.3 is 16.4 Å². The van der Waals surface area contributed by atoms with Crippen molar-refractivity contribution in [1.82, 2.24) is 5.32 Å². The third-order valence-electron chi connectivity index (χ3n) is 3.09. The fourth-order valence-corrected chi connectivity index (χ4v) is 2.07. The summed E-state index contributed by atoms with van der Waals surface area (Å²) in [5, 5.41) is 13.1. The topological polar surface area (TPSA) is 91.0 Å². The lowest BCUT2D eigenvalue weighted by Gasteiger charge is -2.13. The molecule has 5 nitrogen and oxygen atoms in total. The van der Waals surface area contributed by atoms with E-state index in [1.807, 2.05) is 49.4 Å². The van der Waals surface area contributed by atoms with Gasteiger partial charge in [-0.25, -0.2) is 4.79 Å². The van der Waals surface area contributed by atoms with Gasteiger partial charge in [0.15, 0.2) is 0 Å². The number of rotatable bonds is 4. The number of anilines is 1. The van der Waals surface area contributed by atoms with Crippen molar-refractivity contribution >= 4 is 17.6 Å². The Kier molecular flexibility index (Phi) is 4.56. The van der Waals surface area contributed by atoms with Crippen LogP contribution in [0.4, 0.5) is 10.5 Å². The van der Waals surface area contributed by atoms with E-state index in [0.717, 1.165) is 11.1 Å². The number of nitrogens with two attached hydrogens (primary N) is 1. The summed E-state index contributed by atoms with van der Waals surface area (Å²) in [7, 11) is 0. The Morgan fingerprint density at radius 1 is 1.14 bits per heavy atom. The van der Waals surface area contributed by atoms with Crippen LogP contribution in [-0.2, 0) is 6.54 Å². The molecule has 0 fully saturated rings. The summed E-state index contributed by atoms with van der Waals surface area (Å²) in [6, 6.07) is 14.7. The molecular weight excluding hydrogens is 264 g/mol. The second-order valence-electron chi connectivity index (χ2n) is 4.70. The molecule has 0 spiro atoms. The lowest BCUT2D eigenvalue weighted by atomic mass is 10.1. The zero-order chi connectivity index (χ0) is 15.2. The van der Waals surface area contributed by atoms with Crippen molar-refractivity contribution in [2.45, 2.75) is 13.5 Å². The Hall–Kier alpha value is -2.82. The first-order chi connectivity index (χ1) is 10.1. The van der Waals surface area contributed by atoms with Crippen LogP contribution >= 0.6 is 0 Å². The van der Waals surface area contributed by atoms with E-state index in [2.05, 4.69) is 10.6 Å². The Bertz CT molecular complexity index is 653. The number of nitrogens with one attached hydrogen (secondary N) is 3. The van der Waals surface area contributed by atoms with E-state index in [1.165, 1.54) is 0 Å². The highest BCUT2D eigenvalue weighted by Gasteiger charge is 2.10. The van der Waals surface area contributed by atoms with E-state index in [4.69, 9.17) is 11.1 Å². The van der Waals surface area contributed by atoms with Crippen molar-refractivity contribution in [2.75, 3.05) is 5.32 Å². The molecule has 2 rings (SSSR count). The molecule has 0 bridgehead atoms. The zero-order valence-corrected chi connectivity index (χ0v) is 11.8. The van der Waals surface area contributed by atoms with Gasteiger partial charge in [-0.3, -0.25) is 5.41 Å². The van der Waals surface area contributed by atoms with Gasteiger partial charge in [-0.05, 0) is 24.1 Å². The first-order valence-electron chi connectivity index (χ1n) is 6.60. The second-order valence-corrected chi connectivity index (χ2v) is 4.70. The molecule has 0 saturated carbocycles. The maximum absolute atomic E-state index is 11.9. The summed E-state index contributed by atoms with van der Waals surface area (Å²) < 4.78 is 0. The number of carbonyl (C=O) groups is 1. The van der Waals surface area contributed by atoms with Crippen molar-refractivity contribution < 1.29 is 4.79 Å². The Morgan fingerprint density at radius 2 is 1.86 bits per heavy atom. The number of amidine groups is 1. The molecule has 0 radical (unpaired) electrons. The van der Waals surface area contributed by atoms with Crippen molar-refractivity contribution in [3.63, 3.8) is 0 Å². The molecule has 5 heteroatoms. The average molecular weight is 282 g/mol. The molecule has 5 N–H and O–H groups in total. The molecule has 108 valence electrons. The number of nitrogen functional groups attached to an aromatic ring is 1. The molecule has 2 aromatic rings. The van der Waals surface area contributed by atoms with Gasteiger partial charge in [0.25, 0.3) is 0 Å². The summed E-state index contributed by atoms with van der Waals surface area (Å²) in [5.41, 5.74) is 8.52. The largest absolute Gasteiger partial charge is 0.384 e. The van der Waals surface area contributed by atoms with Gasteiger partial charge in [0.2, 0.25) is 0 Å². The number of hydrogen-bond acceptors (Lipinski definition) is 2. The standard InChI is InChI=1S/C16H18N4O/c1-11-6-5-9-13(14(11)15(17)18)20-16(21)19-10-12-7-3-2-4-8-12/h2-9H,10H2,1H3,(H3,17,18)(H2,19,20,21). The maximum atomic E-state index is 11.9. The van der Waals surface area contributed by atoms with Crippen LogP contribution in [-0.4, -0.2) is 11.9 Å². The second kappa shape index (κ2) is 6.56. The van der Waals surface area contributed by atoms with Crippen molar-refractivity contribution in [1.29, 1.82) is 5.41 Å². The van der Waals surface area contributed by atoms with Gasteiger partial charge in [0.05, 0.1) is 5.69 Å². The van der Waals surface area contributed by atoms with E-state index >= 15 is 0 Å². The zero-order valence-electron chi connectivity index (χ0n) is 11.8. The minimum Gasteiger partial charge on any atom is -0.384 e. The lowest BCUT2D eigenvalue weighted by molar-refractivity contribution is 0.251. The van der Waals surface area contributed by atoms with E-state index in [-0.39, 0.29) is 11.9 Å². The molecule has 0 atom stereocenters. The molecule has 0 aliphatic heterocycles. The third kappa shape index (κ3) is 3.82. The van der Waals surface area contributed by atoms with Crippen LogP contribution in [0.1, 0.15) is 16.7 Å². The number of carbonyl (C=O) groups excluding carboxylic acids is 1. The quantitative estimate of drug-likeness (QED) is 0.513. The monoisotopic (exact) mass is 282 g/mol.